The molecule has 0 bridgehead atoms. The molecule has 3 aliphatic rings. The number of aromatic nitrogens is 1. The Bertz CT molecular complexity index is 2470. The van der Waals surface area contributed by atoms with Crippen molar-refractivity contribution in [3.05, 3.63) is 70.1 Å². The van der Waals surface area contributed by atoms with Gasteiger partial charge in [-0.3, -0.25) is 33.6 Å². The van der Waals surface area contributed by atoms with Crippen LogP contribution in [-0.2, 0) is 40.0 Å². The Morgan fingerprint density at radius 1 is 0.959 bits per heavy atom. The van der Waals surface area contributed by atoms with Crippen molar-refractivity contribution in [1.29, 1.82) is 0 Å². The third-order valence-electron chi connectivity index (χ3n) is 13.9. The van der Waals surface area contributed by atoms with E-state index >= 15 is 4.39 Å². The zero-order chi connectivity index (χ0) is 52.6. The largest absolute Gasteiger partial charge is 0.488 e. The molecule has 3 aliphatic heterocycles. The maximum absolute atomic E-state index is 16.1. The number of carbonyl (C=O) groups excluding carboxylic acids is 7. The molecule has 21 heteroatoms. The lowest BCUT2D eigenvalue weighted by Gasteiger charge is -2.37. The van der Waals surface area contributed by atoms with Gasteiger partial charge in [-0.05, 0) is 99.5 Å². The first-order valence-corrected chi connectivity index (χ1v) is 25.8. The van der Waals surface area contributed by atoms with Gasteiger partial charge in [0.15, 0.2) is 11.6 Å². The summed E-state index contributed by atoms with van der Waals surface area (Å²) in [4.78, 5) is 102. The van der Waals surface area contributed by atoms with Gasteiger partial charge in [-0.2, -0.15) is 0 Å². The van der Waals surface area contributed by atoms with Gasteiger partial charge in [-0.25, -0.2) is 9.37 Å². The van der Waals surface area contributed by atoms with Gasteiger partial charge < -0.3 is 52.0 Å². The number of unbranched alkanes of at least 4 members (excludes halogenated alkanes) is 1. The Morgan fingerprint density at radius 3 is 2.30 bits per heavy atom. The summed E-state index contributed by atoms with van der Waals surface area (Å²) >= 11 is 1.55. The molecule has 0 aliphatic carbocycles. The SMILES string of the molecule is CC(=O)N1CC[C@H]2CC[C@@H](C(=O)N[C@@H](CCC(N)=O)COc3cc(C)cc(CCCCC(=O)N[C@H](C(=O)N4C[C@H](O)C[C@H]4C(=O)N[C@@H](C)c4ccc(-c5scnc5C)cc4)C(C)(C)C)c3F)N2C(=O)[C@@H](N)C1.Cl. The van der Waals surface area contributed by atoms with E-state index < -0.39 is 83.0 Å². The van der Waals surface area contributed by atoms with Gasteiger partial charge in [0.2, 0.25) is 41.4 Å². The van der Waals surface area contributed by atoms with E-state index in [1.54, 1.807) is 34.7 Å². The minimum Gasteiger partial charge on any atom is -0.488 e. The highest BCUT2D eigenvalue weighted by atomic mass is 35.5. The number of amides is 7. The number of nitrogens with two attached hydrogens (primary N) is 2. The van der Waals surface area contributed by atoms with Gasteiger partial charge >= 0.3 is 0 Å². The smallest absolute Gasteiger partial charge is 0.246 e. The van der Waals surface area contributed by atoms with Gasteiger partial charge in [0.05, 0.1) is 34.3 Å². The molecule has 8 atom stereocenters. The predicted molar refractivity (Wildman–Crippen MR) is 277 cm³/mol. The lowest BCUT2D eigenvalue weighted by Crippen LogP contribution is -2.59. The average molecular weight is 1050 g/mol. The summed E-state index contributed by atoms with van der Waals surface area (Å²) in [7, 11) is 0. The van der Waals surface area contributed by atoms with Crippen molar-refractivity contribution in [3.8, 4) is 16.2 Å². The van der Waals surface area contributed by atoms with Crippen LogP contribution < -0.4 is 32.2 Å². The molecule has 6 rings (SSSR count). The van der Waals surface area contributed by atoms with Crippen molar-refractivity contribution >= 4 is 65.1 Å². The first-order chi connectivity index (χ1) is 34.0. The second kappa shape index (κ2) is 25.5. The van der Waals surface area contributed by atoms with Crippen LogP contribution in [0.25, 0.3) is 10.4 Å². The number of halogens is 2. The van der Waals surface area contributed by atoms with Crippen molar-refractivity contribution in [1.82, 2.24) is 35.6 Å². The van der Waals surface area contributed by atoms with Crippen LogP contribution in [0.15, 0.2) is 41.9 Å². The fraction of sp³-hybridized carbons (Fsp3) is 0.577. The fourth-order valence-electron chi connectivity index (χ4n) is 9.89. The van der Waals surface area contributed by atoms with E-state index in [-0.39, 0.29) is 87.9 Å². The van der Waals surface area contributed by atoms with Crippen molar-refractivity contribution in [2.24, 2.45) is 16.9 Å². The number of β-amino-alcohol motifs (C(OH)–C–C–N with tert-alkyl or cyclic N) is 1. The van der Waals surface area contributed by atoms with Crippen LogP contribution in [0.1, 0.15) is 121 Å². The van der Waals surface area contributed by atoms with E-state index in [0.29, 0.717) is 49.8 Å². The van der Waals surface area contributed by atoms with Crippen LogP contribution in [0, 0.1) is 25.1 Å². The predicted octanol–water partition coefficient (Wildman–Crippen LogP) is 4.14. The molecule has 7 amide bonds. The lowest BCUT2D eigenvalue weighted by molar-refractivity contribution is -0.144. The van der Waals surface area contributed by atoms with E-state index in [4.69, 9.17) is 16.2 Å². The molecule has 2 aromatic carbocycles. The maximum Gasteiger partial charge on any atom is 0.246 e. The molecular formula is C52H73ClFN9O9S. The van der Waals surface area contributed by atoms with Crippen LogP contribution in [0.3, 0.4) is 0 Å². The Labute approximate surface area is 437 Å². The molecule has 0 saturated carbocycles. The third kappa shape index (κ3) is 15.0. The summed E-state index contributed by atoms with van der Waals surface area (Å²) in [5.41, 5.74) is 16.6. The molecule has 73 heavy (non-hydrogen) atoms. The van der Waals surface area contributed by atoms with Crippen molar-refractivity contribution in [3.63, 3.8) is 0 Å². The third-order valence-corrected chi connectivity index (χ3v) is 14.9. The number of thiazole rings is 1. The van der Waals surface area contributed by atoms with E-state index in [1.165, 1.54) is 22.8 Å². The van der Waals surface area contributed by atoms with Crippen molar-refractivity contribution < 1.29 is 47.8 Å². The molecule has 1 aromatic heterocycles. The van der Waals surface area contributed by atoms with Crippen LogP contribution in [0.5, 0.6) is 5.75 Å². The topological polar surface area (TPSA) is 260 Å². The number of primary amides is 1. The first-order valence-electron chi connectivity index (χ1n) is 24.9. The summed E-state index contributed by atoms with van der Waals surface area (Å²) in [5, 5.41) is 19.5. The number of aliphatic hydroxyl groups excluding tert-OH is 1. The van der Waals surface area contributed by atoms with Crippen LogP contribution in [-0.4, -0.2) is 135 Å². The molecule has 3 saturated heterocycles. The lowest BCUT2D eigenvalue weighted by atomic mass is 9.85. The van der Waals surface area contributed by atoms with E-state index in [0.717, 1.165) is 21.7 Å². The molecule has 18 nitrogen and oxygen atoms in total. The maximum atomic E-state index is 16.1. The number of rotatable bonds is 19. The molecule has 0 radical (unpaired) electrons. The van der Waals surface area contributed by atoms with E-state index in [9.17, 15) is 38.7 Å². The number of carbonyl (C=O) groups is 7. The summed E-state index contributed by atoms with van der Waals surface area (Å²) in [6.07, 6.45) is 1.64. The zero-order valence-electron chi connectivity index (χ0n) is 42.9. The number of aryl methyl sites for hydroxylation is 3. The number of nitrogens with one attached hydrogen (secondary N) is 3. The Hall–Kier alpha value is -5.70. The monoisotopic (exact) mass is 1050 g/mol. The van der Waals surface area contributed by atoms with Gasteiger partial charge in [-0.1, -0.05) is 51.1 Å². The number of hydrogen-bond acceptors (Lipinski definition) is 12. The van der Waals surface area contributed by atoms with E-state index in [2.05, 4.69) is 20.9 Å². The highest BCUT2D eigenvalue weighted by molar-refractivity contribution is 7.13. The number of fused-ring (bicyclic) bond motifs is 1. The summed E-state index contributed by atoms with van der Waals surface area (Å²) in [6, 6.07) is 5.86. The average Bonchev–Trinajstić information content (AvgIpc) is 4.06. The Morgan fingerprint density at radius 2 is 1.66 bits per heavy atom. The Kier molecular flexibility index (Phi) is 20.3. The summed E-state index contributed by atoms with van der Waals surface area (Å²) in [5.74, 6) is -3.59. The first kappa shape index (κ1) is 58.2. The number of ether oxygens (including phenoxy) is 1. The van der Waals surface area contributed by atoms with Crippen LogP contribution >= 0.6 is 23.7 Å². The summed E-state index contributed by atoms with van der Waals surface area (Å²) < 4.78 is 22.1. The van der Waals surface area contributed by atoms with Crippen LogP contribution in [0.2, 0.25) is 0 Å². The number of benzene rings is 2. The quantitative estimate of drug-likeness (QED) is 0.0931. The normalized spacial score (nSPS) is 21.2. The standard InChI is InChI=1S/C52H72FN9O9S.ClH/c1-29-22-35(45(53)42(23-29)71-27-36(16-19-43(55)65)58-48(67)40-18-17-37-20-21-60(32(4)63)26-39(54)50(69)62(37)40)10-8-9-11-44(66)59-47(52(5,6)7)51(70)61-25-38(64)24-41(61)49(68)57-30(2)33-12-14-34(15-13-33)46-31(3)56-28-72-46;/h12-15,22-23,28,30,36-41,47,64H,8-11,16-21,24-27,54H2,1-7H3,(H2,55,65)(H,57,68)(H,58,67)(H,59,66);1H/t30-,36-,37+,38+,39-,40-,41-,47+;/m0./s1. The molecule has 3 fully saturated rings. The zero-order valence-corrected chi connectivity index (χ0v) is 44.5. The van der Waals surface area contributed by atoms with Gasteiger partial charge in [0, 0.05) is 51.9 Å². The minimum absolute atomic E-state index is 0. The van der Waals surface area contributed by atoms with Crippen molar-refractivity contribution in [2.45, 2.75) is 161 Å². The highest BCUT2D eigenvalue weighted by Crippen LogP contribution is 2.32. The second-order valence-corrected chi connectivity index (χ2v) is 21.6. The second-order valence-electron chi connectivity index (χ2n) is 20.7. The number of likely N-dealkylation sites (tertiary alicyclic amines) is 1. The fourth-order valence-corrected chi connectivity index (χ4v) is 10.7. The van der Waals surface area contributed by atoms with E-state index in [1.807, 2.05) is 58.9 Å². The van der Waals surface area contributed by atoms with Gasteiger partial charge in [0.1, 0.15) is 30.8 Å². The Balaban J connectivity index is 0.00000988. The van der Waals surface area contributed by atoms with Gasteiger partial charge in [-0.15, -0.1) is 23.7 Å². The molecule has 0 unspecified atom stereocenters. The molecule has 0 spiro atoms. The molecule has 8 N–H and O–H groups in total. The molecule has 3 aromatic rings. The number of aliphatic hydroxyl groups is 1. The minimum atomic E-state index is -1.01. The molecule has 400 valence electrons. The molecular weight excluding hydrogens is 981 g/mol. The van der Waals surface area contributed by atoms with Crippen LogP contribution in [0.4, 0.5) is 4.39 Å². The van der Waals surface area contributed by atoms with Crippen molar-refractivity contribution in [2.75, 3.05) is 26.2 Å². The summed E-state index contributed by atoms with van der Waals surface area (Å²) in [6.45, 7) is 12.7. The van der Waals surface area contributed by atoms with Gasteiger partial charge in [0.25, 0.3) is 0 Å². The number of nitrogens with zero attached hydrogens (tertiary/aromatic N) is 4. The number of hydrogen-bond donors (Lipinski definition) is 6. The molecule has 4 heterocycles. The highest BCUT2D eigenvalue weighted by Gasteiger charge is 2.46.